The zero-order valence-corrected chi connectivity index (χ0v) is 13.3. The molecule has 3 atom stereocenters. The molecule has 9 heteroatoms. The Hall–Kier alpha value is -0.730. The molecule has 0 heterocycles. The van der Waals surface area contributed by atoms with E-state index in [2.05, 4.69) is 0 Å². The molecule has 0 N–H and O–H groups in total. The third kappa shape index (κ3) is 1.83. The molecule has 0 aromatic heterocycles. The van der Waals surface area contributed by atoms with Crippen LogP contribution in [0.4, 0.5) is 32.6 Å². The van der Waals surface area contributed by atoms with Crippen molar-refractivity contribution in [3.05, 3.63) is 21.6 Å². The van der Waals surface area contributed by atoms with Crippen molar-refractivity contribution in [2.75, 3.05) is 0 Å². The van der Waals surface area contributed by atoms with E-state index in [1.54, 1.807) is 0 Å². The lowest BCUT2D eigenvalue weighted by Crippen LogP contribution is -2.32. The number of hydrogen-bond acceptors (Lipinski definition) is 0. The molecule has 0 saturated heterocycles. The first kappa shape index (κ1) is 17.6. The van der Waals surface area contributed by atoms with Crippen LogP contribution in [-0.4, -0.2) is 6.18 Å². The highest BCUT2D eigenvalue weighted by molar-refractivity contribution is 8.48. The van der Waals surface area contributed by atoms with E-state index in [1.165, 1.54) is 20.8 Å². The van der Waals surface area contributed by atoms with Crippen LogP contribution < -0.4 is 0 Å². The van der Waals surface area contributed by atoms with Gasteiger partial charge in [-0.3, -0.25) is 0 Å². The van der Waals surface area contributed by atoms with E-state index in [4.69, 9.17) is 0 Å². The standard InChI is InChI=1S/C13H16F8S/c1-6-7(2)12(5)8(3)11(6,4)9(13(14,15)16)10(12)22(17,18,19,20)21/h8H,1-5H3. The molecular formula is C13H16F8S. The zero-order valence-electron chi connectivity index (χ0n) is 12.5. The van der Waals surface area contributed by atoms with Gasteiger partial charge in [0.1, 0.15) is 4.91 Å². The molecule has 0 nitrogen and oxygen atoms in total. The van der Waals surface area contributed by atoms with Gasteiger partial charge in [-0.25, -0.2) is 0 Å². The van der Waals surface area contributed by atoms with Crippen LogP contribution in [0.1, 0.15) is 34.6 Å². The van der Waals surface area contributed by atoms with Gasteiger partial charge in [-0.15, -0.1) is 0 Å². The van der Waals surface area contributed by atoms with Crippen LogP contribution >= 0.6 is 10.2 Å². The minimum absolute atomic E-state index is 0.0567. The summed E-state index contributed by atoms with van der Waals surface area (Å²) < 4.78 is 107. The fourth-order valence-electron chi connectivity index (χ4n) is 4.29. The summed E-state index contributed by atoms with van der Waals surface area (Å²) in [6.07, 6.45) is -5.48. The van der Waals surface area contributed by atoms with E-state index >= 15 is 0 Å². The number of allylic oxidation sites excluding steroid dienone is 4. The van der Waals surface area contributed by atoms with Crippen molar-refractivity contribution in [3.8, 4) is 0 Å². The van der Waals surface area contributed by atoms with Gasteiger partial charge >= 0.3 is 16.4 Å². The monoisotopic (exact) mass is 356 g/mol. The third-order valence-electron chi connectivity index (χ3n) is 5.74. The van der Waals surface area contributed by atoms with Gasteiger partial charge < -0.3 is 0 Å². The van der Waals surface area contributed by atoms with E-state index in [0.717, 1.165) is 13.8 Å². The van der Waals surface area contributed by atoms with E-state index in [-0.39, 0.29) is 11.1 Å². The number of rotatable bonds is 1. The normalized spacial score (nSPS) is 39.4. The van der Waals surface area contributed by atoms with Gasteiger partial charge in [-0.1, -0.05) is 51.3 Å². The SMILES string of the molecule is CC1=C(C)C2(C)C(S(F)(F)(F)(F)F)=C(C(F)(F)F)C1(C)C2C. The summed E-state index contributed by atoms with van der Waals surface area (Å²) in [5, 5.41) is 0. The molecule has 0 radical (unpaired) electrons. The van der Waals surface area contributed by atoms with Crippen molar-refractivity contribution in [3.63, 3.8) is 0 Å². The minimum atomic E-state index is -10.5. The second-order valence-electron chi connectivity index (χ2n) is 6.55. The van der Waals surface area contributed by atoms with Crippen molar-refractivity contribution in [2.24, 2.45) is 16.7 Å². The van der Waals surface area contributed by atoms with Gasteiger partial charge in [0.05, 0.1) is 5.57 Å². The molecule has 130 valence electrons. The van der Waals surface area contributed by atoms with Gasteiger partial charge in [0, 0.05) is 10.8 Å². The molecule has 0 aliphatic heterocycles. The molecule has 0 amide bonds. The number of hydrogen-bond donors (Lipinski definition) is 0. The first-order valence-corrected chi connectivity index (χ1v) is 8.40. The Bertz CT molecular complexity index is 635. The van der Waals surface area contributed by atoms with Gasteiger partial charge in [0.15, 0.2) is 0 Å². The van der Waals surface area contributed by atoms with Gasteiger partial charge in [-0.2, -0.15) is 13.2 Å². The molecule has 0 aromatic rings. The Morgan fingerprint density at radius 3 is 1.55 bits per heavy atom. The van der Waals surface area contributed by atoms with Gasteiger partial charge in [0.2, 0.25) is 0 Å². The second-order valence-corrected chi connectivity index (χ2v) is 8.89. The topological polar surface area (TPSA) is 0 Å². The average molecular weight is 356 g/mol. The molecule has 0 aromatic carbocycles. The minimum Gasteiger partial charge on any atom is -0.166 e. The smallest absolute Gasteiger partial charge is 0.166 e. The summed E-state index contributed by atoms with van der Waals surface area (Å²) >= 11 is 0. The van der Waals surface area contributed by atoms with Crippen LogP contribution in [0, 0.1) is 16.7 Å². The molecule has 2 rings (SSSR count). The lowest BCUT2D eigenvalue weighted by Gasteiger charge is -2.49. The molecule has 0 fully saturated rings. The van der Waals surface area contributed by atoms with E-state index in [0.29, 0.717) is 0 Å². The highest BCUT2D eigenvalue weighted by Crippen LogP contribution is 3.06. The molecule has 2 aliphatic carbocycles. The fourth-order valence-corrected chi connectivity index (χ4v) is 6.13. The Balaban J connectivity index is 3.06. The lowest BCUT2D eigenvalue weighted by atomic mass is 9.72. The summed E-state index contributed by atoms with van der Waals surface area (Å²) in [7, 11) is -10.5. The Morgan fingerprint density at radius 1 is 0.864 bits per heavy atom. The highest BCUT2D eigenvalue weighted by atomic mass is 32.5. The van der Waals surface area contributed by atoms with Crippen molar-refractivity contribution < 1.29 is 32.6 Å². The van der Waals surface area contributed by atoms with E-state index < -0.39 is 43.6 Å². The number of fused-ring (bicyclic) bond motifs is 2. The first-order chi connectivity index (χ1) is 9.20. The number of halogens is 8. The summed E-state index contributed by atoms with van der Waals surface area (Å²) in [6.45, 7) is 5.47. The molecule has 0 spiro atoms. The van der Waals surface area contributed by atoms with Crippen LogP contribution in [0.2, 0.25) is 0 Å². The van der Waals surface area contributed by atoms with Crippen LogP contribution in [0.3, 0.4) is 0 Å². The largest absolute Gasteiger partial charge is 0.414 e. The van der Waals surface area contributed by atoms with Crippen molar-refractivity contribution in [1.29, 1.82) is 0 Å². The van der Waals surface area contributed by atoms with Crippen LogP contribution in [0.5, 0.6) is 0 Å². The predicted molar refractivity (Wildman–Crippen MR) is 70.0 cm³/mol. The lowest BCUT2D eigenvalue weighted by molar-refractivity contribution is -0.104. The zero-order chi connectivity index (χ0) is 17.8. The first-order valence-electron chi connectivity index (χ1n) is 6.45. The van der Waals surface area contributed by atoms with Crippen molar-refractivity contribution >= 4 is 10.2 Å². The van der Waals surface area contributed by atoms with Crippen LogP contribution in [0.25, 0.3) is 0 Å². The maximum atomic E-state index is 13.5. The Kier molecular flexibility index (Phi) is 2.70. The molecular weight excluding hydrogens is 340 g/mol. The van der Waals surface area contributed by atoms with Crippen molar-refractivity contribution in [1.82, 2.24) is 0 Å². The van der Waals surface area contributed by atoms with Crippen molar-refractivity contribution in [2.45, 2.75) is 40.8 Å². The molecule has 0 saturated carbocycles. The Morgan fingerprint density at radius 2 is 1.23 bits per heavy atom. The molecule has 2 bridgehead atoms. The van der Waals surface area contributed by atoms with Gasteiger partial charge in [-0.05, 0) is 19.8 Å². The van der Waals surface area contributed by atoms with E-state index in [1.807, 2.05) is 0 Å². The van der Waals surface area contributed by atoms with Crippen LogP contribution in [-0.2, 0) is 0 Å². The van der Waals surface area contributed by atoms with E-state index in [9.17, 15) is 32.6 Å². The third-order valence-corrected chi connectivity index (χ3v) is 7.14. The second kappa shape index (κ2) is 3.37. The summed E-state index contributed by atoms with van der Waals surface area (Å²) in [5.41, 5.74) is -6.56. The molecule has 22 heavy (non-hydrogen) atoms. The summed E-state index contributed by atoms with van der Waals surface area (Å²) in [4.78, 5) is -2.65. The predicted octanol–water partition coefficient (Wildman–Crippen LogP) is 7.11. The summed E-state index contributed by atoms with van der Waals surface area (Å²) in [6, 6.07) is 0. The fraction of sp³-hybridized carbons (Fsp3) is 0.692. The van der Waals surface area contributed by atoms with Crippen LogP contribution in [0.15, 0.2) is 21.6 Å². The maximum Gasteiger partial charge on any atom is 0.414 e. The van der Waals surface area contributed by atoms with Gasteiger partial charge in [0.25, 0.3) is 0 Å². The average Bonchev–Trinajstić information content (AvgIpc) is 2.50. The molecule has 2 aliphatic rings. The molecule has 3 unspecified atom stereocenters. The maximum absolute atomic E-state index is 13.5. The number of alkyl halides is 3. The highest BCUT2D eigenvalue weighted by Gasteiger charge is 2.81. The Labute approximate surface area is 123 Å². The summed E-state index contributed by atoms with van der Waals surface area (Å²) in [5.74, 6) is -1.25. The quantitative estimate of drug-likeness (QED) is 0.347.